The molecule has 0 spiro atoms. The molecule has 1 aromatic carbocycles. The third-order valence-corrected chi connectivity index (χ3v) is 3.20. The van der Waals surface area contributed by atoms with E-state index in [0.717, 1.165) is 20.2 Å². The first-order valence-electron chi connectivity index (χ1n) is 4.86. The summed E-state index contributed by atoms with van der Waals surface area (Å²) >= 11 is 6.70. The van der Waals surface area contributed by atoms with E-state index in [0.29, 0.717) is 0 Å². The zero-order chi connectivity index (χ0) is 12.6. The van der Waals surface area contributed by atoms with Crippen molar-refractivity contribution in [2.24, 2.45) is 0 Å². The maximum atomic E-state index is 11.1. The van der Waals surface area contributed by atoms with Crippen molar-refractivity contribution >= 4 is 37.8 Å². The second-order valence-corrected chi connectivity index (χ2v) is 5.54. The zero-order valence-corrected chi connectivity index (χ0v) is 12.1. The SMILES string of the molecule is Cc1cc(Br)cc(-n2cc(Br)cc2C(=O)O)c1. The van der Waals surface area contributed by atoms with E-state index in [9.17, 15) is 4.79 Å². The lowest BCUT2D eigenvalue weighted by Crippen LogP contribution is -2.05. The van der Waals surface area contributed by atoms with Crippen LogP contribution in [-0.4, -0.2) is 15.6 Å². The predicted molar refractivity (Wildman–Crippen MR) is 72.9 cm³/mol. The summed E-state index contributed by atoms with van der Waals surface area (Å²) in [5, 5.41) is 9.13. The molecule has 2 rings (SSSR count). The average Bonchev–Trinajstić information content (AvgIpc) is 2.59. The molecular weight excluding hydrogens is 350 g/mol. The highest BCUT2D eigenvalue weighted by Gasteiger charge is 2.13. The summed E-state index contributed by atoms with van der Waals surface area (Å²) in [5.74, 6) is -0.951. The molecule has 17 heavy (non-hydrogen) atoms. The van der Waals surface area contributed by atoms with Crippen LogP contribution in [-0.2, 0) is 0 Å². The van der Waals surface area contributed by atoms with E-state index in [1.54, 1.807) is 16.8 Å². The summed E-state index contributed by atoms with van der Waals surface area (Å²) < 4.78 is 3.31. The van der Waals surface area contributed by atoms with Crippen LogP contribution in [0.15, 0.2) is 39.4 Å². The number of carboxylic acid groups (broad SMARTS) is 1. The van der Waals surface area contributed by atoms with Crippen LogP contribution in [0.2, 0.25) is 0 Å². The fourth-order valence-corrected chi connectivity index (χ4v) is 2.68. The molecular formula is C12H9Br2NO2. The number of hydrogen-bond donors (Lipinski definition) is 1. The van der Waals surface area contributed by atoms with Crippen LogP contribution in [0, 0.1) is 6.92 Å². The Balaban J connectivity index is 2.63. The highest BCUT2D eigenvalue weighted by molar-refractivity contribution is 9.10. The Morgan fingerprint density at radius 2 is 1.88 bits per heavy atom. The lowest BCUT2D eigenvalue weighted by Gasteiger charge is -2.08. The van der Waals surface area contributed by atoms with Crippen molar-refractivity contribution in [1.82, 2.24) is 4.57 Å². The van der Waals surface area contributed by atoms with Gasteiger partial charge in [-0.1, -0.05) is 15.9 Å². The summed E-state index contributed by atoms with van der Waals surface area (Å²) in [6, 6.07) is 7.37. The number of aromatic nitrogens is 1. The molecule has 1 heterocycles. The first kappa shape index (κ1) is 12.4. The number of hydrogen-bond acceptors (Lipinski definition) is 1. The summed E-state index contributed by atoms with van der Waals surface area (Å²) in [5.41, 5.74) is 2.12. The molecule has 0 amide bonds. The largest absolute Gasteiger partial charge is 0.477 e. The minimum atomic E-state index is -0.951. The minimum absolute atomic E-state index is 0.231. The first-order valence-corrected chi connectivity index (χ1v) is 6.45. The van der Waals surface area contributed by atoms with Crippen LogP contribution in [0.25, 0.3) is 5.69 Å². The van der Waals surface area contributed by atoms with E-state index < -0.39 is 5.97 Å². The van der Waals surface area contributed by atoms with Gasteiger partial charge in [-0.05, 0) is 52.7 Å². The predicted octanol–water partition coefficient (Wildman–Crippen LogP) is 4.01. The van der Waals surface area contributed by atoms with Crippen molar-refractivity contribution in [2.75, 3.05) is 0 Å². The van der Waals surface area contributed by atoms with Gasteiger partial charge in [0.05, 0.1) is 0 Å². The molecule has 88 valence electrons. The van der Waals surface area contributed by atoms with Gasteiger partial charge in [-0.15, -0.1) is 0 Å². The molecule has 0 saturated heterocycles. The van der Waals surface area contributed by atoms with Crippen molar-refractivity contribution in [3.8, 4) is 5.69 Å². The lowest BCUT2D eigenvalue weighted by molar-refractivity contribution is 0.0688. The van der Waals surface area contributed by atoms with E-state index in [-0.39, 0.29) is 5.69 Å². The third-order valence-electron chi connectivity index (χ3n) is 2.31. The van der Waals surface area contributed by atoms with E-state index in [1.165, 1.54) is 0 Å². The fourth-order valence-electron chi connectivity index (χ4n) is 1.66. The second-order valence-electron chi connectivity index (χ2n) is 3.71. The molecule has 3 nitrogen and oxygen atoms in total. The van der Waals surface area contributed by atoms with E-state index in [4.69, 9.17) is 5.11 Å². The number of carbonyl (C=O) groups is 1. The molecule has 0 unspecified atom stereocenters. The molecule has 0 fully saturated rings. The maximum absolute atomic E-state index is 11.1. The number of rotatable bonds is 2. The van der Waals surface area contributed by atoms with Gasteiger partial charge in [0.25, 0.3) is 0 Å². The molecule has 0 bridgehead atoms. The quantitative estimate of drug-likeness (QED) is 0.881. The second kappa shape index (κ2) is 4.66. The summed E-state index contributed by atoms with van der Waals surface area (Å²) in [7, 11) is 0. The molecule has 0 saturated carbocycles. The van der Waals surface area contributed by atoms with Gasteiger partial charge in [0.2, 0.25) is 0 Å². The van der Waals surface area contributed by atoms with Crippen LogP contribution >= 0.6 is 31.9 Å². The number of aromatic carboxylic acids is 1. The highest BCUT2D eigenvalue weighted by Crippen LogP contribution is 2.23. The number of carboxylic acids is 1. The van der Waals surface area contributed by atoms with Crippen LogP contribution in [0.1, 0.15) is 16.1 Å². The molecule has 1 N–H and O–H groups in total. The van der Waals surface area contributed by atoms with E-state index >= 15 is 0 Å². The number of nitrogens with zero attached hydrogens (tertiary/aromatic N) is 1. The number of aryl methyl sites for hydroxylation is 1. The Hall–Kier alpha value is -1.07. The molecule has 0 aliphatic rings. The zero-order valence-electron chi connectivity index (χ0n) is 8.95. The molecule has 5 heteroatoms. The smallest absolute Gasteiger partial charge is 0.352 e. The number of halogens is 2. The van der Waals surface area contributed by atoms with Crippen LogP contribution in [0.4, 0.5) is 0 Å². The Kier molecular flexibility index (Phi) is 3.40. The summed E-state index contributed by atoms with van der Waals surface area (Å²) in [6.07, 6.45) is 1.74. The molecule has 0 radical (unpaired) electrons. The molecule has 1 aromatic heterocycles. The first-order chi connectivity index (χ1) is 7.97. The van der Waals surface area contributed by atoms with Crippen molar-refractivity contribution in [1.29, 1.82) is 0 Å². The third kappa shape index (κ3) is 2.61. The van der Waals surface area contributed by atoms with Gasteiger partial charge in [0.15, 0.2) is 0 Å². The van der Waals surface area contributed by atoms with Crippen LogP contribution in [0.5, 0.6) is 0 Å². The summed E-state index contributed by atoms with van der Waals surface area (Å²) in [6.45, 7) is 1.97. The highest BCUT2D eigenvalue weighted by atomic mass is 79.9. The van der Waals surface area contributed by atoms with Gasteiger partial charge >= 0.3 is 5.97 Å². The lowest BCUT2D eigenvalue weighted by atomic mass is 10.2. The van der Waals surface area contributed by atoms with Gasteiger partial charge in [0.1, 0.15) is 5.69 Å². The van der Waals surface area contributed by atoms with Crippen LogP contribution in [0.3, 0.4) is 0 Å². The Labute approximate surface area is 115 Å². The van der Waals surface area contributed by atoms with Crippen molar-refractivity contribution < 1.29 is 9.90 Å². The van der Waals surface area contributed by atoms with Gasteiger partial charge in [0, 0.05) is 20.8 Å². The van der Waals surface area contributed by atoms with Gasteiger partial charge in [-0.2, -0.15) is 0 Å². The van der Waals surface area contributed by atoms with Gasteiger partial charge in [-0.25, -0.2) is 4.79 Å². The topological polar surface area (TPSA) is 42.2 Å². The van der Waals surface area contributed by atoms with Gasteiger partial charge in [-0.3, -0.25) is 0 Å². The van der Waals surface area contributed by atoms with E-state index in [2.05, 4.69) is 31.9 Å². The van der Waals surface area contributed by atoms with Crippen molar-refractivity contribution in [3.63, 3.8) is 0 Å². The average molecular weight is 359 g/mol. The molecule has 0 aliphatic heterocycles. The Morgan fingerprint density at radius 1 is 1.18 bits per heavy atom. The number of benzene rings is 1. The Bertz CT molecular complexity index is 570. The van der Waals surface area contributed by atoms with Gasteiger partial charge < -0.3 is 9.67 Å². The standard InChI is InChI=1S/C12H9Br2NO2/c1-7-2-8(13)4-10(3-7)15-6-9(14)5-11(15)12(16)17/h2-6H,1H3,(H,16,17). The molecule has 0 atom stereocenters. The van der Waals surface area contributed by atoms with Crippen LogP contribution < -0.4 is 0 Å². The maximum Gasteiger partial charge on any atom is 0.352 e. The van der Waals surface area contributed by atoms with E-state index in [1.807, 2.05) is 25.1 Å². The van der Waals surface area contributed by atoms with Crippen molar-refractivity contribution in [2.45, 2.75) is 6.92 Å². The summed E-state index contributed by atoms with van der Waals surface area (Å²) in [4.78, 5) is 11.1. The fraction of sp³-hybridized carbons (Fsp3) is 0.0833. The molecule has 0 aliphatic carbocycles. The van der Waals surface area contributed by atoms with Crippen molar-refractivity contribution in [3.05, 3.63) is 50.7 Å². The minimum Gasteiger partial charge on any atom is -0.477 e. The Morgan fingerprint density at radius 3 is 2.47 bits per heavy atom. The molecule has 2 aromatic rings. The monoisotopic (exact) mass is 357 g/mol. The normalized spacial score (nSPS) is 10.5.